The topological polar surface area (TPSA) is 392 Å². The minimum absolute atomic E-state index is 0.000537. The lowest BCUT2D eigenvalue weighted by atomic mass is 9.57. The Morgan fingerprint density at radius 1 is 0.399 bits per heavy atom. The van der Waals surface area contributed by atoms with Crippen LogP contribution in [-0.4, -0.2) is 201 Å². The van der Waals surface area contributed by atoms with Crippen molar-refractivity contribution in [3.05, 3.63) is 241 Å². The molecule has 12 fully saturated rings. The largest absolute Gasteiger partial charge is 0.450 e. The molecule has 26 atom stereocenters. The molecule has 35 heteroatoms. The highest BCUT2D eigenvalue weighted by Gasteiger charge is 2.61. The van der Waals surface area contributed by atoms with E-state index in [0.717, 1.165) is 164 Å². The highest BCUT2D eigenvalue weighted by atomic mass is 32.2. The Kier molecular flexibility index (Phi) is 35.0. The Morgan fingerprint density at radius 3 is 1.10 bits per heavy atom. The fraction of sp³-hybridized carbons (Fsp3) is 0.496. The molecule has 8 aromatic rings. The monoisotopic (exact) mass is 2090 g/mol. The minimum atomic E-state index is -3.62. The summed E-state index contributed by atoms with van der Waals surface area (Å²) in [4.78, 5) is 78.7. The number of aliphatic hydroxyl groups excluding tert-OH is 2. The van der Waals surface area contributed by atoms with Gasteiger partial charge < -0.3 is 55.7 Å². The molecule has 148 heavy (non-hydrogen) atoms. The lowest BCUT2D eigenvalue weighted by molar-refractivity contribution is -0.125. The zero-order valence-electron chi connectivity index (χ0n) is 84.0. The molecule has 790 valence electrons. The number of alkyl carbamates (subject to hydrolysis) is 4. The maximum atomic E-state index is 13.6. The number of nitrogens with one attached hydrogen (secondary N) is 6. The summed E-state index contributed by atoms with van der Waals surface area (Å²) in [6.45, 7) is 8.84. The molecule has 4 aliphatic heterocycles. The van der Waals surface area contributed by atoms with Crippen molar-refractivity contribution in [1.29, 1.82) is 0 Å². The van der Waals surface area contributed by atoms with E-state index < -0.39 is 70.5 Å². The van der Waals surface area contributed by atoms with Gasteiger partial charge in [-0.15, -0.1) is 0 Å². The van der Waals surface area contributed by atoms with Crippen molar-refractivity contribution in [3.8, 4) is 44.5 Å². The van der Waals surface area contributed by atoms with E-state index in [1.165, 1.54) is 52.8 Å². The molecule has 4 aromatic carbocycles. The molecule has 4 aromatic heterocycles. The number of ether oxygens (including phenoxy) is 4. The summed E-state index contributed by atoms with van der Waals surface area (Å²) in [7, 11) is -8.73. The van der Waals surface area contributed by atoms with Gasteiger partial charge in [0.1, 0.15) is 28.5 Å². The second kappa shape index (κ2) is 48.1. The second-order valence-electron chi connectivity index (χ2n) is 41.7. The van der Waals surface area contributed by atoms with Gasteiger partial charge in [-0.3, -0.25) is 24.7 Å². The summed E-state index contributed by atoms with van der Waals surface area (Å²) in [5, 5.41) is 33.2. The number of sulfonamides is 2. The van der Waals surface area contributed by atoms with Crippen molar-refractivity contribution in [2.45, 2.75) is 176 Å². The number of pyridine rings is 4. The van der Waals surface area contributed by atoms with E-state index in [4.69, 9.17) is 18.9 Å². The Labute approximate surface area is 864 Å². The first kappa shape index (κ1) is 108. The van der Waals surface area contributed by atoms with E-state index in [9.17, 15) is 77.0 Å². The molecule has 20 rings (SSSR count). The molecule has 5 amide bonds. The number of fused-ring (bicyclic) bond motifs is 8. The molecular formula is C113H135F4N11O17S3. The number of hydrogen-bond acceptors (Lipinski definition) is 21. The summed E-state index contributed by atoms with van der Waals surface area (Å²) < 4.78 is 157. The number of carbonyl (C=O) groups excluding carboxylic acids is 5. The third-order valence-corrected chi connectivity index (χ3v) is 40.0. The van der Waals surface area contributed by atoms with Crippen LogP contribution < -0.4 is 31.3 Å². The van der Waals surface area contributed by atoms with Crippen molar-refractivity contribution < 1.29 is 95.9 Å². The Bertz CT molecular complexity index is 6480. The van der Waals surface area contributed by atoms with Crippen LogP contribution in [0.15, 0.2) is 195 Å². The van der Waals surface area contributed by atoms with E-state index in [-0.39, 0.29) is 161 Å². The van der Waals surface area contributed by atoms with Crippen LogP contribution in [-0.2, 0) is 53.6 Å². The standard InChI is InChI=1S/C29H36FN3O5S.C29H35FN2O5S.C28H32FN3O3.C27H32FN3O4S/c1-3-38-29(35)32-23-10-11-24-20(14-23)15-26-28(27(17-34)39(36,37)33(26)2)25(24)12-9-22-8-7-19(16-31-22)18-5-4-6-21(30)13-18;1-2-37-29(34)32-24-9-10-25-20(14-24)12-21-17-38(35,36)27(16-33)28(21)26(25)11-8-23-7-6-19(15-31-23)18-4-3-5-22(30)13-18;1-2-35-28(34)32-22-9-10-23-19(13-22)14-25-26(16-31-27(25)33)24(23)11-8-21-7-6-18(15-30-21)17-4-3-5-20(29)12-17;1-2-35-27(32)31-22-9-10-23-19(13-22)14-26-25(16-30-36(26,33)34)24(23)11-8-21-7-6-18(15-29-21)17-4-3-5-20(28)12-17/h4-9,12-13,16,20,23-28,34H,3,10-11,14-15,17H2,1-2H3,(H,32,35);3-8,11,13,15,20-21,24-28,33H,2,9-10,12,14,16-17H2,1H3,(H,32,34);3-8,11-12,15,19,22-26H,2,9-10,13-14,16H2,1H3,(H,31,33)(H,32,34);3-8,11-12,15,19,22-26,30H,2,9-10,13-14,16H2,1H3,(H,31,32)/b12-9+;3*11-8+/t20-,23+,24+,25-,26+,27+,28-;20-,21+,24-,25-,26+,27-,28-;19-,22+,23+,24-,25+,26-;19-,22+,23+,24-,25-,26+/m0100/s1. The Balaban J connectivity index is 0.000000135. The van der Waals surface area contributed by atoms with Crippen LogP contribution >= 0.6 is 0 Å². The van der Waals surface area contributed by atoms with Crippen molar-refractivity contribution in [1.82, 2.24) is 55.5 Å². The third kappa shape index (κ3) is 25.1. The molecule has 28 nitrogen and oxygen atoms in total. The van der Waals surface area contributed by atoms with Crippen molar-refractivity contribution >= 4 is 84.5 Å². The van der Waals surface area contributed by atoms with Crippen LogP contribution in [0.3, 0.4) is 0 Å². The van der Waals surface area contributed by atoms with E-state index in [0.29, 0.717) is 69.5 Å². The average Bonchev–Trinajstić information content (AvgIpc) is 1.57. The summed E-state index contributed by atoms with van der Waals surface area (Å²) >= 11 is 0. The molecule has 8 N–H and O–H groups in total. The van der Waals surface area contributed by atoms with Crippen LogP contribution in [0.2, 0.25) is 0 Å². The van der Waals surface area contributed by atoms with Crippen molar-refractivity contribution in [2.75, 3.05) is 65.5 Å². The van der Waals surface area contributed by atoms with E-state index in [2.05, 4.69) is 81.6 Å². The first-order chi connectivity index (χ1) is 71.4. The van der Waals surface area contributed by atoms with E-state index in [1.54, 1.807) is 83.8 Å². The van der Waals surface area contributed by atoms with Crippen molar-refractivity contribution in [2.24, 2.45) is 107 Å². The number of carbonyl (C=O) groups is 5. The fourth-order valence-electron chi connectivity index (χ4n) is 26.9. The van der Waals surface area contributed by atoms with Crippen LogP contribution in [0.25, 0.3) is 68.8 Å². The fourth-order valence-corrected chi connectivity index (χ4v) is 33.1. The van der Waals surface area contributed by atoms with Gasteiger partial charge in [-0.1, -0.05) is 97.1 Å². The Hall–Kier alpha value is -11.6. The van der Waals surface area contributed by atoms with Crippen LogP contribution in [0.5, 0.6) is 0 Å². The number of benzene rings is 4. The van der Waals surface area contributed by atoms with Gasteiger partial charge in [-0.2, -0.15) is 0 Å². The van der Waals surface area contributed by atoms with Gasteiger partial charge >= 0.3 is 24.4 Å². The lowest BCUT2D eigenvalue weighted by Gasteiger charge is -2.49. The van der Waals surface area contributed by atoms with Gasteiger partial charge in [0.25, 0.3) is 0 Å². The normalized spacial score (nSPS) is 31.2. The molecular weight excluding hydrogens is 1960 g/mol. The molecule has 4 saturated heterocycles. The molecule has 8 heterocycles. The summed E-state index contributed by atoms with van der Waals surface area (Å²) in [5.74, 6) is 1.78. The van der Waals surface area contributed by atoms with Crippen LogP contribution in [0.1, 0.15) is 153 Å². The smallest absolute Gasteiger partial charge is 0.407 e. The van der Waals surface area contributed by atoms with E-state index >= 15 is 0 Å². The minimum Gasteiger partial charge on any atom is -0.450 e. The number of aliphatic hydroxyl groups is 2. The van der Waals surface area contributed by atoms with Gasteiger partial charge in [0, 0.05) is 109 Å². The zero-order chi connectivity index (χ0) is 104. The highest BCUT2D eigenvalue weighted by molar-refractivity contribution is 7.92. The van der Waals surface area contributed by atoms with Gasteiger partial charge in [0.15, 0.2) is 9.84 Å². The predicted octanol–water partition coefficient (Wildman–Crippen LogP) is 17.7. The quantitative estimate of drug-likeness (QED) is 0.0231. The molecule has 0 spiro atoms. The summed E-state index contributed by atoms with van der Waals surface area (Å²) in [6.07, 6.45) is 35.0. The number of nitrogens with zero attached hydrogens (tertiary/aromatic N) is 5. The van der Waals surface area contributed by atoms with Gasteiger partial charge in [0.05, 0.1) is 78.7 Å². The first-order valence-electron chi connectivity index (χ1n) is 52.4. The lowest BCUT2D eigenvalue weighted by Crippen LogP contribution is -2.51. The van der Waals surface area contributed by atoms with Gasteiger partial charge in [-0.05, 0) is 344 Å². The molecule has 0 radical (unpaired) electrons. The van der Waals surface area contributed by atoms with Gasteiger partial charge in [-0.25, -0.2) is 71.0 Å². The number of allylic oxidation sites excluding steroid dienone is 4. The molecule has 0 unspecified atom stereocenters. The number of halogens is 4. The first-order valence-corrected chi connectivity index (χ1v) is 57.1. The average molecular weight is 2090 g/mol. The molecule has 8 saturated carbocycles. The summed E-state index contributed by atoms with van der Waals surface area (Å²) in [5.41, 5.74) is 9.48. The molecule has 12 aliphatic rings. The number of rotatable bonds is 22. The van der Waals surface area contributed by atoms with Crippen molar-refractivity contribution in [3.63, 3.8) is 0 Å². The number of sulfone groups is 1. The molecule has 0 bridgehead atoms. The van der Waals surface area contributed by atoms with E-state index in [1.807, 2.05) is 91.0 Å². The molecule has 8 aliphatic carbocycles. The Morgan fingerprint density at radius 2 is 0.743 bits per heavy atom. The SMILES string of the molecule is CCOC(=O)N[C@@H]1CC[C@@H]2[C@@H](C1)C[C@@H]1[C@@H](CNS1(=O)=O)[C@H]2/C=C/c1ccc(-c2cccc(F)c2)cn1.CCOC(=O)N[C@@H]1CC[C@@H]2[C@@H](C1)C[C@@H]1[C@H]([C@H]2/C=C/c2ccc(-c3cccc(F)c3)cn2)[C@@H](CO)S(=O)(=O)N1C.CCOC(=O)N[C@@H]1CC[C@@H]2[C@@H](C1)C[C@H]1C(=O)NC[C@H]1[C@H]2/C=C/c1ccc(-c2cccc(F)c2)cn1.CCOC(=O)N[C@@H]1CC[C@@H]2[C@@H](C1)C[C@H]1CS(=O)(=O)[C@H](CO)[C@H]1[C@H]2/C=C/c1ccc(-c2cccc(F)c2)cn1. The van der Waals surface area contributed by atoms with Gasteiger partial charge in [0.2, 0.25) is 26.0 Å². The predicted molar refractivity (Wildman–Crippen MR) is 557 cm³/mol. The highest BCUT2D eigenvalue weighted by Crippen LogP contribution is 2.58. The zero-order valence-corrected chi connectivity index (χ0v) is 86.4. The summed E-state index contributed by atoms with van der Waals surface area (Å²) in [6, 6.07) is 40.8. The van der Waals surface area contributed by atoms with Crippen LogP contribution in [0.4, 0.5) is 36.7 Å². The maximum absolute atomic E-state index is 13.6. The number of hydrogen-bond donors (Lipinski definition) is 8. The third-order valence-electron chi connectivity index (χ3n) is 33.5. The van der Waals surface area contributed by atoms with Crippen LogP contribution in [0, 0.1) is 130 Å². The number of amides is 5. The second-order valence-corrected chi connectivity index (χ2v) is 48.2. The maximum Gasteiger partial charge on any atom is 0.407 e. The number of aromatic nitrogens is 4.